The van der Waals surface area contributed by atoms with Crippen molar-refractivity contribution >= 4 is 16.6 Å². The third-order valence-corrected chi connectivity index (χ3v) is 7.71. The summed E-state index contributed by atoms with van der Waals surface area (Å²) in [5, 5.41) is 0. The van der Waals surface area contributed by atoms with Crippen molar-refractivity contribution in [2.45, 2.75) is 31.4 Å². The molecule has 0 bridgehead atoms. The quantitative estimate of drug-likeness (QED) is 0.515. The van der Waals surface area contributed by atoms with Crippen LogP contribution >= 0.6 is 0 Å². The lowest BCUT2D eigenvalue weighted by Crippen LogP contribution is -2.38. The summed E-state index contributed by atoms with van der Waals surface area (Å²) in [6, 6.07) is 12.3. The Bertz CT molecular complexity index is 1500. The molecule has 1 fully saturated rings. The number of rotatable bonds is 5. The van der Waals surface area contributed by atoms with Gasteiger partial charge in [0.15, 0.2) is 0 Å². The second-order valence-electron chi connectivity index (χ2n) is 9.85. The van der Waals surface area contributed by atoms with Crippen LogP contribution in [0, 0.1) is 0 Å². The summed E-state index contributed by atoms with van der Waals surface area (Å²) < 4.78 is 15.6. The topological polar surface area (TPSA) is 61.5 Å². The van der Waals surface area contributed by atoms with Crippen LogP contribution in [0.1, 0.15) is 30.9 Å². The molecule has 2 aliphatic heterocycles. The van der Waals surface area contributed by atoms with Crippen LogP contribution in [0.2, 0.25) is 0 Å². The molecule has 37 heavy (non-hydrogen) atoms. The highest BCUT2D eigenvalue weighted by molar-refractivity contribution is 5.80. The van der Waals surface area contributed by atoms with Crippen molar-refractivity contribution in [3.05, 3.63) is 100 Å². The summed E-state index contributed by atoms with van der Waals surface area (Å²) in [6.45, 7) is 2.93. The van der Waals surface area contributed by atoms with Gasteiger partial charge < -0.3 is 14.4 Å². The number of methoxy groups -OCH3 is 1. The summed E-state index contributed by atoms with van der Waals surface area (Å²) in [7, 11) is 3.58. The van der Waals surface area contributed by atoms with Gasteiger partial charge in [0.25, 0.3) is 0 Å². The Balaban J connectivity index is 1.17. The van der Waals surface area contributed by atoms with Crippen molar-refractivity contribution in [2.75, 3.05) is 26.7 Å². The average molecular weight is 497 g/mol. The van der Waals surface area contributed by atoms with Crippen LogP contribution in [0.5, 0.6) is 5.88 Å². The molecule has 7 heteroatoms. The molecule has 190 valence electrons. The molecular weight excluding hydrogens is 464 g/mol. The van der Waals surface area contributed by atoms with E-state index < -0.39 is 0 Å². The first kappa shape index (κ1) is 23.7. The average Bonchev–Trinajstić information content (AvgIpc) is 3.08. The first-order valence-electron chi connectivity index (χ1n) is 13.0. The molecule has 3 aromatic rings. The number of fused-ring (bicyclic) bond motifs is 3. The molecule has 3 aliphatic rings. The molecule has 0 N–H and O–H groups in total. The molecule has 1 atom stereocenters. The standard InChI is InChI=1S/C30H32N4O3/c1-32-25-10-3-4-11-26(25)34(30(32)35)22-14-18-33(19-15-22)17-7-8-21-20-24-27(36-2)12-5-13-28(24)37-29-23(21)9-6-16-31-29/h3-6,8-13,16,20,22,27H,7,14-15,17-19H2,1-2H3. The van der Waals surface area contributed by atoms with Gasteiger partial charge in [-0.1, -0.05) is 30.4 Å². The number of hydrogen-bond acceptors (Lipinski definition) is 5. The van der Waals surface area contributed by atoms with Gasteiger partial charge in [-0.15, -0.1) is 0 Å². The number of piperidine rings is 1. The summed E-state index contributed by atoms with van der Waals surface area (Å²) in [5.74, 6) is 1.40. The highest BCUT2D eigenvalue weighted by atomic mass is 16.5. The fraction of sp³-hybridized carbons (Fsp3) is 0.333. The van der Waals surface area contributed by atoms with E-state index in [1.54, 1.807) is 17.9 Å². The Morgan fingerprint density at radius 1 is 1.14 bits per heavy atom. The second kappa shape index (κ2) is 10.00. The van der Waals surface area contributed by atoms with E-state index >= 15 is 0 Å². The molecule has 0 amide bonds. The first-order chi connectivity index (χ1) is 18.1. The molecular formula is C30H32N4O3. The zero-order chi connectivity index (χ0) is 25.4. The number of benzene rings is 1. The van der Waals surface area contributed by atoms with E-state index in [-0.39, 0.29) is 17.8 Å². The maximum atomic E-state index is 13.0. The summed E-state index contributed by atoms with van der Waals surface area (Å²) >= 11 is 0. The van der Waals surface area contributed by atoms with Crippen LogP contribution in [-0.2, 0) is 11.8 Å². The number of aromatic nitrogens is 3. The minimum Gasteiger partial charge on any atom is -0.438 e. The lowest BCUT2D eigenvalue weighted by atomic mass is 9.97. The predicted molar refractivity (Wildman–Crippen MR) is 145 cm³/mol. The van der Waals surface area contributed by atoms with Gasteiger partial charge in [-0.25, -0.2) is 9.78 Å². The molecule has 1 unspecified atom stereocenters. The number of aryl methyl sites for hydroxylation is 1. The Hall–Kier alpha value is -3.68. The Morgan fingerprint density at radius 2 is 1.95 bits per heavy atom. The highest BCUT2D eigenvalue weighted by Crippen LogP contribution is 2.36. The van der Waals surface area contributed by atoms with Crippen molar-refractivity contribution < 1.29 is 9.47 Å². The van der Waals surface area contributed by atoms with Crippen LogP contribution in [-0.4, -0.2) is 51.9 Å². The number of likely N-dealkylation sites (tertiary alicyclic amines) is 1. The fourth-order valence-electron chi connectivity index (χ4n) is 5.72. The van der Waals surface area contributed by atoms with E-state index in [0.29, 0.717) is 5.88 Å². The van der Waals surface area contributed by atoms with Crippen molar-refractivity contribution in [1.82, 2.24) is 19.0 Å². The van der Waals surface area contributed by atoms with E-state index in [1.807, 2.05) is 54.1 Å². The number of nitrogens with zero attached hydrogens (tertiary/aromatic N) is 4. The van der Waals surface area contributed by atoms with Crippen LogP contribution < -0.4 is 10.4 Å². The minimum absolute atomic E-state index is 0.0839. The number of imidazole rings is 1. The molecule has 0 saturated carbocycles. The van der Waals surface area contributed by atoms with Gasteiger partial charge in [0, 0.05) is 57.2 Å². The van der Waals surface area contributed by atoms with Gasteiger partial charge in [-0.3, -0.25) is 9.13 Å². The maximum Gasteiger partial charge on any atom is 0.329 e. The molecule has 1 aliphatic carbocycles. The molecule has 0 spiro atoms. The number of allylic oxidation sites excluding steroid dienone is 4. The summed E-state index contributed by atoms with van der Waals surface area (Å²) in [4.78, 5) is 20.0. The normalized spacial score (nSPS) is 21.2. The second-order valence-corrected chi connectivity index (χ2v) is 9.85. The third-order valence-electron chi connectivity index (χ3n) is 7.71. The molecule has 6 rings (SSSR count). The van der Waals surface area contributed by atoms with Crippen molar-refractivity contribution in [3.63, 3.8) is 0 Å². The Morgan fingerprint density at radius 3 is 2.76 bits per heavy atom. The fourth-order valence-corrected chi connectivity index (χ4v) is 5.72. The highest BCUT2D eigenvalue weighted by Gasteiger charge is 2.26. The summed E-state index contributed by atoms with van der Waals surface area (Å²) in [5.41, 5.74) is 5.23. The summed E-state index contributed by atoms with van der Waals surface area (Å²) in [6.07, 6.45) is 14.9. The van der Waals surface area contributed by atoms with Crippen LogP contribution in [0.4, 0.5) is 0 Å². The number of hydrogen-bond donors (Lipinski definition) is 0. The number of ether oxygens (including phenoxy) is 2. The van der Waals surface area contributed by atoms with Crippen molar-refractivity contribution in [1.29, 1.82) is 0 Å². The van der Waals surface area contributed by atoms with E-state index in [1.165, 1.54) is 0 Å². The van der Waals surface area contributed by atoms with E-state index in [9.17, 15) is 4.79 Å². The van der Waals surface area contributed by atoms with Gasteiger partial charge in [0.2, 0.25) is 5.88 Å². The van der Waals surface area contributed by atoms with E-state index in [2.05, 4.69) is 34.2 Å². The SMILES string of the molecule is COC1C=CC=C2Oc3ncccc3C(=CCCN3CCC(n4c(=O)n(C)c5ccccc54)CC3)C=C21. The monoisotopic (exact) mass is 496 g/mol. The van der Waals surface area contributed by atoms with Gasteiger partial charge in [-0.2, -0.15) is 0 Å². The molecule has 0 radical (unpaired) electrons. The maximum absolute atomic E-state index is 13.0. The zero-order valence-corrected chi connectivity index (χ0v) is 21.3. The molecule has 7 nitrogen and oxygen atoms in total. The molecule has 2 aromatic heterocycles. The lowest BCUT2D eigenvalue weighted by Gasteiger charge is -2.32. The number of pyridine rings is 1. The minimum atomic E-state index is -0.144. The van der Waals surface area contributed by atoms with Gasteiger partial charge in [-0.05, 0) is 61.3 Å². The smallest absolute Gasteiger partial charge is 0.329 e. The Labute approximate surface area is 216 Å². The zero-order valence-electron chi connectivity index (χ0n) is 21.3. The van der Waals surface area contributed by atoms with Crippen molar-refractivity contribution in [3.8, 4) is 5.88 Å². The predicted octanol–water partition coefficient (Wildman–Crippen LogP) is 4.63. The van der Waals surface area contributed by atoms with E-state index in [4.69, 9.17) is 9.47 Å². The first-order valence-corrected chi connectivity index (χ1v) is 13.0. The van der Waals surface area contributed by atoms with Gasteiger partial charge in [0.1, 0.15) is 11.9 Å². The number of para-hydroxylation sites is 2. The lowest BCUT2D eigenvalue weighted by molar-refractivity contribution is 0.164. The van der Waals surface area contributed by atoms with Gasteiger partial charge >= 0.3 is 5.69 Å². The largest absolute Gasteiger partial charge is 0.438 e. The van der Waals surface area contributed by atoms with Crippen LogP contribution in [0.25, 0.3) is 16.6 Å². The van der Waals surface area contributed by atoms with Crippen LogP contribution in [0.15, 0.2) is 89.1 Å². The molecule has 4 heterocycles. The Kier molecular flexibility index (Phi) is 6.40. The van der Waals surface area contributed by atoms with Crippen LogP contribution in [0.3, 0.4) is 0 Å². The molecule has 1 aromatic carbocycles. The van der Waals surface area contributed by atoms with Crippen molar-refractivity contribution in [2.24, 2.45) is 7.05 Å². The third kappa shape index (κ3) is 4.38. The molecule has 1 saturated heterocycles. The van der Waals surface area contributed by atoms with E-state index in [0.717, 1.165) is 72.4 Å². The van der Waals surface area contributed by atoms with Gasteiger partial charge in [0.05, 0.1) is 11.0 Å².